The Bertz CT molecular complexity index is 418. The first-order valence-electron chi connectivity index (χ1n) is 7.30. The van der Waals surface area contributed by atoms with Gasteiger partial charge in [-0.15, -0.1) is 0 Å². The van der Waals surface area contributed by atoms with E-state index in [1.165, 1.54) is 11.1 Å². The Morgan fingerprint density at radius 3 is 2.35 bits per heavy atom. The summed E-state index contributed by atoms with van der Waals surface area (Å²) in [5.74, 6) is 0.107. The molecule has 0 fully saturated rings. The average Bonchev–Trinajstić information content (AvgIpc) is 2.34. The van der Waals surface area contributed by atoms with Crippen LogP contribution in [0.25, 0.3) is 0 Å². The summed E-state index contributed by atoms with van der Waals surface area (Å²) in [6.45, 7) is 5.90. The highest BCUT2D eigenvalue weighted by Crippen LogP contribution is 2.10. The van der Waals surface area contributed by atoms with Gasteiger partial charge in [0.2, 0.25) is 5.91 Å². The maximum Gasteiger partial charge on any atom is 0.222 e. The molecule has 3 heteroatoms. The minimum Gasteiger partial charge on any atom is -0.389 e. The second-order valence-electron chi connectivity index (χ2n) is 6.25. The number of rotatable bonds is 7. The van der Waals surface area contributed by atoms with E-state index < -0.39 is 5.60 Å². The number of carbonyl (C=O) groups excluding carboxylic acids is 1. The van der Waals surface area contributed by atoms with Crippen LogP contribution in [0.4, 0.5) is 0 Å². The molecule has 0 aromatic heterocycles. The van der Waals surface area contributed by atoms with Crippen molar-refractivity contribution < 1.29 is 9.90 Å². The number of unbranched alkanes of at least 4 members (excludes halogenated alkanes) is 1. The zero-order chi connectivity index (χ0) is 15.2. The van der Waals surface area contributed by atoms with Crippen LogP contribution in [0.1, 0.15) is 44.2 Å². The molecular weight excluding hydrogens is 250 g/mol. The van der Waals surface area contributed by atoms with Crippen molar-refractivity contribution in [3.05, 3.63) is 35.4 Å². The highest BCUT2D eigenvalue weighted by Gasteiger charge is 2.18. The second kappa shape index (κ2) is 7.44. The van der Waals surface area contributed by atoms with Crippen LogP contribution < -0.4 is 0 Å². The summed E-state index contributed by atoms with van der Waals surface area (Å²) in [5, 5.41) is 9.69. The SMILES string of the molecule is Cc1ccc(CCCCC(=O)N(C)CC(C)(C)O)cc1. The van der Waals surface area contributed by atoms with Crippen molar-refractivity contribution in [2.75, 3.05) is 13.6 Å². The van der Waals surface area contributed by atoms with Gasteiger partial charge in [-0.05, 0) is 45.6 Å². The van der Waals surface area contributed by atoms with Crippen LogP contribution in [0, 0.1) is 6.92 Å². The Morgan fingerprint density at radius 2 is 1.80 bits per heavy atom. The summed E-state index contributed by atoms with van der Waals surface area (Å²) in [6.07, 6.45) is 3.48. The zero-order valence-electron chi connectivity index (χ0n) is 13.1. The molecule has 0 atom stereocenters. The van der Waals surface area contributed by atoms with Crippen LogP contribution in [0.5, 0.6) is 0 Å². The minimum absolute atomic E-state index is 0.107. The Kier molecular flexibility index (Phi) is 6.21. The Morgan fingerprint density at radius 1 is 1.20 bits per heavy atom. The first-order valence-corrected chi connectivity index (χ1v) is 7.30. The summed E-state index contributed by atoms with van der Waals surface area (Å²) in [5.41, 5.74) is 1.77. The lowest BCUT2D eigenvalue weighted by atomic mass is 10.0. The maximum absolute atomic E-state index is 11.9. The van der Waals surface area contributed by atoms with Gasteiger partial charge in [0.15, 0.2) is 0 Å². The van der Waals surface area contributed by atoms with Crippen molar-refractivity contribution in [1.29, 1.82) is 0 Å². The van der Waals surface area contributed by atoms with Gasteiger partial charge in [-0.1, -0.05) is 29.8 Å². The molecule has 0 aliphatic carbocycles. The molecular formula is C17H27NO2. The summed E-state index contributed by atoms with van der Waals surface area (Å²) in [4.78, 5) is 13.5. The van der Waals surface area contributed by atoms with Crippen molar-refractivity contribution in [1.82, 2.24) is 4.90 Å². The molecule has 1 aromatic carbocycles. The highest BCUT2D eigenvalue weighted by molar-refractivity contribution is 5.75. The van der Waals surface area contributed by atoms with Crippen molar-refractivity contribution in [3.63, 3.8) is 0 Å². The van der Waals surface area contributed by atoms with Gasteiger partial charge in [0.1, 0.15) is 0 Å². The van der Waals surface area contributed by atoms with Gasteiger partial charge < -0.3 is 10.0 Å². The van der Waals surface area contributed by atoms with Crippen LogP contribution in [0.3, 0.4) is 0 Å². The van der Waals surface area contributed by atoms with Crippen molar-refractivity contribution in [2.45, 2.75) is 52.1 Å². The van der Waals surface area contributed by atoms with E-state index in [2.05, 4.69) is 31.2 Å². The lowest BCUT2D eigenvalue weighted by Crippen LogP contribution is -2.39. The first kappa shape index (κ1) is 16.7. The number of likely N-dealkylation sites (N-methyl/N-ethyl adjacent to an activating group) is 1. The fourth-order valence-corrected chi connectivity index (χ4v) is 2.22. The fourth-order valence-electron chi connectivity index (χ4n) is 2.22. The third kappa shape index (κ3) is 6.71. The van der Waals surface area contributed by atoms with E-state index in [0.717, 1.165) is 19.3 Å². The molecule has 0 spiro atoms. The normalized spacial score (nSPS) is 11.4. The number of benzene rings is 1. The molecule has 3 nitrogen and oxygen atoms in total. The number of nitrogens with zero attached hydrogens (tertiary/aromatic N) is 1. The molecule has 0 heterocycles. The lowest BCUT2D eigenvalue weighted by Gasteiger charge is -2.25. The van der Waals surface area contributed by atoms with Crippen LogP contribution >= 0.6 is 0 Å². The molecule has 0 unspecified atom stereocenters. The average molecular weight is 277 g/mol. The van der Waals surface area contributed by atoms with E-state index in [0.29, 0.717) is 13.0 Å². The molecule has 1 amide bonds. The molecule has 0 aliphatic rings. The number of hydrogen-bond acceptors (Lipinski definition) is 2. The molecule has 20 heavy (non-hydrogen) atoms. The third-order valence-electron chi connectivity index (χ3n) is 3.28. The molecule has 112 valence electrons. The van der Waals surface area contributed by atoms with E-state index in [4.69, 9.17) is 0 Å². The van der Waals surface area contributed by atoms with E-state index in [1.807, 2.05) is 0 Å². The number of amides is 1. The monoisotopic (exact) mass is 277 g/mol. The molecule has 0 bridgehead atoms. The van der Waals surface area contributed by atoms with E-state index in [1.54, 1.807) is 25.8 Å². The zero-order valence-corrected chi connectivity index (χ0v) is 13.1. The lowest BCUT2D eigenvalue weighted by molar-refractivity contribution is -0.132. The molecule has 1 N–H and O–H groups in total. The molecule has 1 rings (SSSR count). The molecule has 0 radical (unpaired) electrons. The van der Waals surface area contributed by atoms with Gasteiger partial charge in [0, 0.05) is 20.0 Å². The number of hydrogen-bond donors (Lipinski definition) is 1. The van der Waals surface area contributed by atoms with Crippen LogP contribution in [0.15, 0.2) is 24.3 Å². The topological polar surface area (TPSA) is 40.5 Å². The molecule has 0 saturated heterocycles. The van der Waals surface area contributed by atoms with Crippen molar-refractivity contribution >= 4 is 5.91 Å². The quantitative estimate of drug-likeness (QED) is 0.778. The number of carbonyl (C=O) groups is 1. The van der Waals surface area contributed by atoms with Gasteiger partial charge >= 0.3 is 0 Å². The molecule has 1 aromatic rings. The first-order chi connectivity index (χ1) is 9.28. The number of aliphatic hydroxyl groups is 1. The van der Waals surface area contributed by atoms with Crippen LogP contribution in [-0.2, 0) is 11.2 Å². The summed E-state index contributed by atoms with van der Waals surface area (Å²) >= 11 is 0. The van der Waals surface area contributed by atoms with Gasteiger partial charge in [-0.2, -0.15) is 0 Å². The van der Waals surface area contributed by atoms with Crippen molar-refractivity contribution in [3.8, 4) is 0 Å². The predicted octanol–water partition coefficient (Wildman–Crippen LogP) is 2.94. The summed E-state index contributed by atoms with van der Waals surface area (Å²) in [6, 6.07) is 8.55. The Balaban J connectivity index is 2.23. The summed E-state index contributed by atoms with van der Waals surface area (Å²) in [7, 11) is 1.75. The van der Waals surface area contributed by atoms with E-state index >= 15 is 0 Å². The molecule has 0 aliphatic heterocycles. The minimum atomic E-state index is -0.827. The van der Waals surface area contributed by atoms with Crippen LogP contribution in [0.2, 0.25) is 0 Å². The Hall–Kier alpha value is -1.35. The van der Waals surface area contributed by atoms with Gasteiger partial charge in [-0.25, -0.2) is 0 Å². The summed E-state index contributed by atoms with van der Waals surface area (Å²) < 4.78 is 0. The van der Waals surface area contributed by atoms with Gasteiger partial charge in [0.25, 0.3) is 0 Å². The third-order valence-corrected chi connectivity index (χ3v) is 3.28. The highest BCUT2D eigenvalue weighted by atomic mass is 16.3. The van der Waals surface area contributed by atoms with Crippen molar-refractivity contribution in [2.24, 2.45) is 0 Å². The van der Waals surface area contributed by atoms with E-state index in [9.17, 15) is 9.90 Å². The van der Waals surface area contributed by atoms with E-state index in [-0.39, 0.29) is 5.91 Å². The van der Waals surface area contributed by atoms with Gasteiger partial charge in [0.05, 0.1) is 5.60 Å². The predicted molar refractivity (Wildman–Crippen MR) is 82.7 cm³/mol. The smallest absolute Gasteiger partial charge is 0.222 e. The molecule has 0 saturated carbocycles. The fraction of sp³-hybridized carbons (Fsp3) is 0.588. The second-order valence-corrected chi connectivity index (χ2v) is 6.25. The standard InChI is InChI=1S/C17H27NO2/c1-14-9-11-15(12-10-14)7-5-6-8-16(19)18(4)13-17(2,3)20/h9-12,20H,5-8,13H2,1-4H3. The largest absolute Gasteiger partial charge is 0.389 e. The number of aryl methyl sites for hydroxylation is 2. The Labute approximate surface area is 122 Å². The van der Waals surface area contributed by atoms with Crippen LogP contribution in [-0.4, -0.2) is 35.1 Å². The maximum atomic E-state index is 11.9. The van der Waals surface area contributed by atoms with Gasteiger partial charge in [-0.3, -0.25) is 4.79 Å².